The minimum atomic E-state index is 0.843. The molecule has 0 atom stereocenters. The Hall–Kier alpha value is -1.33. The molecule has 0 aliphatic rings. The van der Waals surface area contributed by atoms with Crippen molar-refractivity contribution in [3.8, 4) is 0 Å². The standard InChI is InChI=1S/C12H19N.C9H18.C2H6/c1-5-8-9-12(7-3)10-13-11(4)6-2;1-3-5-7-9-8-6-4-2;1-2/h7,10H,2,5,8-9H2,1,3-4H3;7,9H,3-6,8H2,1-2H3;1-2H3/b12-7-,13-10?;9-7-;. The van der Waals surface area contributed by atoms with Gasteiger partial charge in [-0.2, -0.15) is 0 Å². The van der Waals surface area contributed by atoms with Gasteiger partial charge in [-0.1, -0.05) is 85.1 Å². The summed E-state index contributed by atoms with van der Waals surface area (Å²) in [6.45, 7) is 18.1. The highest BCUT2D eigenvalue weighted by atomic mass is 14.7. The van der Waals surface area contributed by atoms with E-state index in [9.17, 15) is 0 Å². The molecule has 0 rings (SSSR count). The first-order chi connectivity index (χ1) is 11.7. The molecule has 0 radical (unpaired) electrons. The topological polar surface area (TPSA) is 12.4 Å². The molecule has 0 unspecified atom stereocenters. The van der Waals surface area contributed by atoms with E-state index in [0.29, 0.717) is 0 Å². The first-order valence-corrected chi connectivity index (χ1v) is 9.86. The van der Waals surface area contributed by atoms with Gasteiger partial charge in [-0.15, -0.1) is 5.73 Å². The predicted octanol–water partition coefficient (Wildman–Crippen LogP) is 8.44. The minimum absolute atomic E-state index is 0.843. The maximum absolute atomic E-state index is 4.22. The van der Waals surface area contributed by atoms with Gasteiger partial charge in [0.15, 0.2) is 0 Å². The third-order valence-corrected chi connectivity index (χ3v) is 3.22. The molecule has 0 amide bonds. The molecule has 0 aliphatic carbocycles. The van der Waals surface area contributed by atoms with Crippen LogP contribution in [0.25, 0.3) is 0 Å². The third kappa shape index (κ3) is 25.6. The van der Waals surface area contributed by atoms with Crippen LogP contribution in [-0.2, 0) is 0 Å². The van der Waals surface area contributed by atoms with Crippen molar-refractivity contribution in [2.24, 2.45) is 4.99 Å². The zero-order valence-electron chi connectivity index (χ0n) is 17.6. The van der Waals surface area contributed by atoms with Crippen molar-refractivity contribution in [3.63, 3.8) is 0 Å². The number of rotatable bonds is 10. The van der Waals surface area contributed by atoms with E-state index in [1.165, 1.54) is 50.5 Å². The van der Waals surface area contributed by atoms with E-state index in [2.05, 4.69) is 56.3 Å². The zero-order valence-corrected chi connectivity index (χ0v) is 17.6. The molecule has 0 aliphatic heterocycles. The van der Waals surface area contributed by atoms with Crippen molar-refractivity contribution in [2.45, 2.75) is 99.8 Å². The quantitative estimate of drug-likeness (QED) is 0.164. The monoisotopic (exact) mass is 333 g/mol. The first-order valence-electron chi connectivity index (χ1n) is 9.86. The van der Waals surface area contributed by atoms with E-state index < -0.39 is 0 Å². The van der Waals surface area contributed by atoms with Crippen LogP contribution in [0, 0.1) is 0 Å². The van der Waals surface area contributed by atoms with Crippen LogP contribution in [0.2, 0.25) is 0 Å². The first kappa shape index (κ1) is 27.5. The summed E-state index contributed by atoms with van der Waals surface area (Å²) in [5.41, 5.74) is 4.87. The molecule has 0 aromatic rings. The fourth-order valence-corrected chi connectivity index (χ4v) is 1.61. The summed E-state index contributed by atoms with van der Waals surface area (Å²) in [5.74, 6) is 0. The molecule has 0 saturated carbocycles. The highest BCUT2D eigenvalue weighted by molar-refractivity contribution is 5.79. The lowest BCUT2D eigenvalue weighted by Gasteiger charge is -1.97. The van der Waals surface area contributed by atoms with Crippen molar-refractivity contribution >= 4 is 6.21 Å². The Morgan fingerprint density at radius 1 is 0.958 bits per heavy atom. The molecule has 140 valence electrons. The number of nitrogens with zero attached hydrogens (tertiary/aromatic N) is 1. The van der Waals surface area contributed by atoms with Gasteiger partial charge in [0.1, 0.15) is 0 Å². The van der Waals surface area contributed by atoms with E-state index in [0.717, 1.165) is 12.1 Å². The lowest BCUT2D eigenvalue weighted by Crippen LogP contribution is -1.85. The second kappa shape index (κ2) is 26.6. The SMILES string of the molecule is C=C=C(C)N=C/C(=C\C)CCCC.CC.CCC/C=C\CCCC. The van der Waals surface area contributed by atoms with Gasteiger partial charge in [0.25, 0.3) is 0 Å². The Morgan fingerprint density at radius 2 is 1.54 bits per heavy atom. The summed E-state index contributed by atoms with van der Waals surface area (Å²) in [7, 11) is 0. The number of unbranched alkanes of at least 4 members (excludes halogenated alkanes) is 4. The smallest absolute Gasteiger partial charge is 0.0783 e. The Morgan fingerprint density at radius 3 is 2.00 bits per heavy atom. The number of allylic oxidation sites excluding steroid dienone is 5. The molecule has 1 nitrogen and oxygen atoms in total. The van der Waals surface area contributed by atoms with Crippen LogP contribution in [-0.4, -0.2) is 6.21 Å². The normalized spacial score (nSPS) is 10.7. The third-order valence-electron chi connectivity index (χ3n) is 3.22. The highest BCUT2D eigenvalue weighted by Crippen LogP contribution is 2.05. The summed E-state index contributed by atoms with van der Waals surface area (Å²) < 4.78 is 0. The van der Waals surface area contributed by atoms with E-state index >= 15 is 0 Å². The van der Waals surface area contributed by atoms with Gasteiger partial charge in [0, 0.05) is 6.21 Å². The zero-order chi connectivity index (χ0) is 19.1. The molecule has 0 heterocycles. The van der Waals surface area contributed by atoms with Crippen LogP contribution in [0.3, 0.4) is 0 Å². The molecule has 0 fully saturated rings. The van der Waals surface area contributed by atoms with E-state index in [-0.39, 0.29) is 0 Å². The van der Waals surface area contributed by atoms with Crippen LogP contribution >= 0.6 is 0 Å². The Kier molecular flexibility index (Phi) is 30.5. The molecule has 0 saturated heterocycles. The van der Waals surface area contributed by atoms with E-state index in [1.54, 1.807) is 0 Å². The number of hydrogen-bond acceptors (Lipinski definition) is 1. The van der Waals surface area contributed by atoms with Crippen LogP contribution in [0.4, 0.5) is 0 Å². The van der Waals surface area contributed by atoms with Crippen molar-refractivity contribution in [2.75, 3.05) is 0 Å². The van der Waals surface area contributed by atoms with Crippen molar-refractivity contribution < 1.29 is 0 Å². The highest BCUT2D eigenvalue weighted by Gasteiger charge is 1.90. The van der Waals surface area contributed by atoms with E-state index in [4.69, 9.17) is 0 Å². The van der Waals surface area contributed by atoms with Gasteiger partial charge in [-0.3, -0.25) is 4.99 Å². The van der Waals surface area contributed by atoms with Gasteiger partial charge in [0.05, 0.1) is 5.70 Å². The van der Waals surface area contributed by atoms with Crippen LogP contribution < -0.4 is 0 Å². The molecule has 0 aromatic carbocycles. The maximum atomic E-state index is 4.22. The minimum Gasteiger partial charge on any atom is -0.253 e. The van der Waals surface area contributed by atoms with E-state index in [1.807, 2.05) is 33.9 Å². The summed E-state index contributed by atoms with van der Waals surface area (Å²) in [5, 5.41) is 0. The summed E-state index contributed by atoms with van der Waals surface area (Å²) in [4.78, 5) is 4.22. The lowest BCUT2D eigenvalue weighted by molar-refractivity contribution is 0.803. The summed E-state index contributed by atoms with van der Waals surface area (Å²) >= 11 is 0. The van der Waals surface area contributed by atoms with Gasteiger partial charge in [-0.05, 0) is 45.1 Å². The molecule has 1 heteroatoms. The average Bonchev–Trinajstić information content (AvgIpc) is 2.63. The molecule has 0 aromatic heterocycles. The van der Waals surface area contributed by atoms with Crippen molar-refractivity contribution in [1.29, 1.82) is 0 Å². The molecule has 0 bridgehead atoms. The number of aliphatic imine (C=N–C) groups is 1. The predicted molar refractivity (Wildman–Crippen MR) is 115 cm³/mol. The van der Waals surface area contributed by atoms with Crippen LogP contribution in [0.1, 0.15) is 99.8 Å². The molecule has 0 spiro atoms. The fourth-order valence-electron chi connectivity index (χ4n) is 1.61. The molecule has 0 N–H and O–H groups in total. The second-order valence-electron chi connectivity index (χ2n) is 5.39. The molecular weight excluding hydrogens is 290 g/mol. The molecular formula is C23H43N. The maximum Gasteiger partial charge on any atom is 0.0783 e. The van der Waals surface area contributed by atoms with Gasteiger partial charge >= 0.3 is 0 Å². The van der Waals surface area contributed by atoms with Crippen molar-refractivity contribution in [3.05, 3.63) is 41.8 Å². The van der Waals surface area contributed by atoms with Gasteiger partial charge < -0.3 is 0 Å². The van der Waals surface area contributed by atoms with Crippen molar-refractivity contribution in [1.82, 2.24) is 0 Å². The average molecular weight is 334 g/mol. The van der Waals surface area contributed by atoms with Gasteiger partial charge in [0.2, 0.25) is 0 Å². The van der Waals surface area contributed by atoms with Crippen LogP contribution in [0.15, 0.2) is 46.8 Å². The largest absolute Gasteiger partial charge is 0.253 e. The Bertz CT molecular complexity index is 365. The fraction of sp³-hybridized carbons (Fsp3) is 0.652. The summed E-state index contributed by atoms with van der Waals surface area (Å²) in [6, 6.07) is 0. The summed E-state index contributed by atoms with van der Waals surface area (Å²) in [6.07, 6.45) is 18.6. The molecule has 24 heavy (non-hydrogen) atoms. The lowest BCUT2D eigenvalue weighted by atomic mass is 10.1. The number of hydrogen-bond donors (Lipinski definition) is 0. The Labute approximate surface area is 153 Å². The Balaban J connectivity index is -0.000000351. The van der Waals surface area contributed by atoms with Gasteiger partial charge in [-0.25, -0.2) is 0 Å². The van der Waals surface area contributed by atoms with Crippen LogP contribution in [0.5, 0.6) is 0 Å². The second-order valence-corrected chi connectivity index (χ2v) is 5.39.